The van der Waals surface area contributed by atoms with Gasteiger partial charge in [-0.3, -0.25) is 14.9 Å². The van der Waals surface area contributed by atoms with E-state index in [0.717, 1.165) is 12.3 Å². The Morgan fingerprint density at radius 1 is 1.67 bits per heavy atom. The molecule has 0 fully saturated rings. The van der Waals surface area contributed by atoms with Gasteiger partial charge in [0.05, 0.1) is 10.5 Å². The molecular formula is C10H15N5O3. The zero-order valence-electron chi connectivity index (χ0n) is 10.1. The molecule has 0 bridgehead atoms. The summed E-state index contributed by atoms with van der Waals surface area (Å²) in [4.78, 5) is 25.0. The molecule has 0 aliphatic rings. The van der Waals surface area contributed by atoms with Crippen LogP contribution in [0.3, 0.4) is 0 Å². The van der Waals surface area contributed by atoms with Crippen molar-refractivity contribution < 1.29 is 9.72 Å². The van der Waals surface area contributed by atoms with Gasteiger partial charge in [-0.05, 0) is 14.0 Å². The van der Waals surface area contributed by atoms with Gasteiger partial charge in [-0.25, -0.2) is 4.98 Å². The Kier molecular flexibility index (Phi) is 4.55. The number of primary amides is 1. The standard InChI is InChI=1S/C10H15N5O3/c1-6(12-2)4-13-10-8(9(11)16)3-7(5-14-10)15(17)18/h3,5-6,12H,4H2,1-2H3,(H2,11,16)(H,13,14). The maximum absolute atomic E-state index is 11.2. The van der Waals surface area contributed by atoms with Crippen LogP contribution in [-0.4, -0.2) is 35.4 Å². The number of hydrogen-bond acceptors (Lipinski definition) is 6. The monoisotopic (exact) mass is 253 g/mol. The van der Waals surface area contributed by atoms with Gasteiger partial charge >= 0.3 is 0 Å². The van der Waals surface area contributed by atoms with Crippen LogP contribution in [-0.2, 0) is 0 Å². The molecule has 8 heteroatoms. The average Bonchev–Trinajstić information content (AvgIpc) is 2.35. The molecule has 4 N–H and O–H groups in total. The number of nitrogens with one attached hydrogen (secondary N) is 2. The van der Waals surface area contributed by atoms with Crippen molar-refractivity contribution in [2.75, 3.05) is 18.9 Å². The van der Waals surface area contributed by atoms with E-state index in [1.165, 1.54) is 0 Å². The second kappa shape index (κ2) is 5.92. The molecule has 0 spiro atoms. The lowest BCUT2D eigenvalue weighted by molar-refractivity contribution is -0.385. The van der Waals surface area contributed by atoms with Crippen LogP contribution in [0.5, 0.6) is 0 Å². The van der Waals surface area contributed by atoms with Gasteiger partial charge < -0.3 is 16.4 Å². The van der Waals surface area contributed by atoms with E-state index in [1.54, 1.807) is 7.05 Å². The molecule has 1 amide bonds. The maximum Gasteiger partial charge on any atom is 0.288 e. The Morgan fingerprint density at radius 2 is 2.33 bits per heavy atom. The number of nitrogens with zero attached hydrogens (tertiary/aromatic N) is 2. The number of nitro groups is 1. The summed E-state index contributed by atoms with van der Waals surface area (Å²) in [6, 6.07) is 1.27. The summed E-state index contributed by atoms with van der Waals surface area (Å²) in [7, 11) is 1.80. The van der Waals surface area contributed by atoms with Crippen molar-refractivity contribution in [2.45, 2.75) is 13.0 Å². The van der Waals surface area contributed by atoms with Crippen molar-refractivity contribution in [2.24, 2.45) is 5.73 Å². The molecule has 0 saturated heterocycles. The van der Waals surface area contributed by atoms with Gasteiger partial charge in [0.25, 0.3) is 11.6 Å². The molecule has 1 rings (SSSR count). The summed E-state index contributed by atoms with van der Waals surface area (Å²) < 4.78 is 0. The molecule has 18 heavy (non-hydrogen) atoms. The zero-order valence-corrected chi connectivity index (χ0v) is 10.1. The lowest BCUT2D eigenvalue weighted by Crippen LogP contribution is -2.30. The van der Waals surface area contributed by atoms with Crippen molar-refractivity contribution in [3.63, 3.8) is 0 Å². The smallest absolute Gasteiger partial charge is 0.288 e. The topological polar surface area (TPSA) is 123 Å². The van der Waals surface area contributed by atoms with Crippen molar-refractivity contribution in [3.05, 3.63) is 27.9 Å². The molecule has 0 aromatic carbocycles. The van der Waals surface area contributed by atoms with Gasteiger partial charge in [-0.2, -0.15) is 0 Å². The number of anilines is 1. The van der Waals surface area contributed by atoms with E-state index in [0.29, 0.717) is 6.54 Å². The fraction of sp³-hybridized carbons (Fsp3) is 0.400. The van der Waals surface area contributed by atoms with Crippen LogP contribution >= 0.6 is 0 Å². The number of carbonyl (C=O) groups excluding carboxylic acids is 1. The average molecular weight is 253 g/mol. The number of carbonyl (C=O) groups is 1. The first-order valence-electron chi connectivity index (χ1n) is 5.31. The molecule has 1 aromatic heterocycles. The Labute approximate surface area is 104 Å². The van der Waals surface area contributed by atoms with E-state index in [1.807, 2.05) is 6.92 Å². The molecule has 0 radical (unpaired) electrons. The summed E-state index contributed by atoms with van der Waals surface area (Å²) in [6.07, 6.45) is 1.08. The predicted octanol–water partition coefficient (Wildman–Crippen LogP) is 0.108. The molecule has 98 valence electrons. The first-order valence-corrected chi connectivity index (χ1v) is 5.31. The highest BCUT2D eigenvalue weighted by Crippen LogP contribution is 2.18. The summed E-state index contributed by atoms with van der Waals surface area (Å²) in [5.74, 6) is -0.513. The summed E-state index contributed by atoms with van der Waals surface area (Å²) in [5, 5.41) is 16.5. The lowest BCUT2D eigenvalue weighted by atomic mass is 10.2. The zero-order chi connectivity index (χ0) is 13.7. The molecule has 0 saturated carbocycles. The molecule has 1 aromatic rings. The fourth-order valence-corrected chi connectivity index (χ4v) is 1.23. The molecular weight excluding hydrogens is 238 g/mol. The number of rotatable bonds is 6. The number of aromatic nitrogens is 1. The molecule has 1 heterocycles. The van der Waals surface area contributed by atoms with Crippen LogP contribution in [0.2, 0.25) is 0 Å². The van der Waals surface area contributed by atoms with E-state index in [4.69, 9.17) is 5.73 Å². The van der Waals surface area contributed by atoms with Crippen LogP contribution in [0, 0.1) is 10.1 Å². The second-order valence-electron chi connectivity index (χ2n) is 3.78. The van der Waals surface area contributed by atoms with Crippen molar-refractivity contribution >= 4 is 17.4 Å². The van der Waals surface area contributed by atoms with Crippen LogP contribution in [0.25, 0.3) is 0 Å². The van der Waals surface area contributed by atoms with Gasteiger partial charge in [0, 0.05) is 18.7 Å². The third kappa shape index (κ3) is 3.39. The Hall–Kier alpha value is -2.22. The van der Waals surface area contributed by atoms with E-state index in [9.17, 15) is 14.9 Å². The third-order valence-electron chi connectivity index (χ3n) is 2.42. The van der Waals surface area contributed by atoms with Crippen LogP contribution in [0.4, 0.5) is 11.5 Å². The van der Waals surface area contributed by atoms with Crippen LogP contribution in [0.1, 0.15) is 17.3 Å². The fourth-order valence-electron chi connectivity index (χ4n) is 1.23. The number of nitrogens with two attached hydrogens (primary N) is 1. The lowest BCUT2D eigenvalue weighted by Gasteiger charge is -2.13. The predicted molar refractivity (Wildman–Crippen MR) is 66.4 cm³/mol. The van der Waals surface area contributed by atoms with E-state index >= 15 is 0 Å². The van der Waals surface area contributed by atoms with Gasteiger partial charge in [0.2, 0.25) is 0 Å². The Morgan fingerprint density at radius 3 is 2.83 bits per heavy atom. The summed E-state index contributed by atoms with van der Waals surface area (Å²) >= 11 is 0. The highest BCUT2D eigenvalue weighted by molar-refractivity contribution is 5.98. The highest BCUT2D eigenvalue weighted by Gasteiger charge is 2.16. The van der Waals surface area contributed by atoms with E-state index < -0.39 is 10.8 Å². The number of pyridine rings is 1. The minimum absolute atomic E-state index is 0.00695. The van der Waals surface area contributed by atoms with Crippen molar-refractivity contribution in [1.29, 1.82) is 0 Å². The van der Waals surface area contributed by atoms with E-state index in [-0.39, 0.29) is 23.1 Å². The minimum Gasteiger partial charge on any atom is -0.368 e. The van der Waals surface area contributed by atoms with Gasteiger partial charge in [0.15, 0.2) is 0 Å². The molecule has 1 unspecified atom stereocenters. The minimum atomic E-state index is -0.759. The summed E-state index contributed by atoms with van der Waals surface area (Å²) in [5.41, 5.74) is 4.90. The van der Waals surface area contributed by atoms with Crippen molar-refractivity contribution in [1.82, 2.24) is 10.3 Å². The van der Waals surface area contributed by atoms with E-state index in [2.05, 4.69) is 15.6 Å². The van der Waals surface area contributed by atoms with Crippen LogP contribution in [0.15, 0.2) is 12.3 Å². The Bertz CT molecular complexity index is 463. The quantitative estimate of drug-likeness (QED) is 0.488. The largest absolute Gasteiger partial charge is 0.368 e. The van der Waals surface area contributed by atoms with Gasteiger partial charge in [-0.15, -0.1) is 0 Å². The Balaban J connectivity index is 2.97. The van der Waals surface area contributed by atoms with Gasteiger partial charge in [-0.1, -0.05) is 0 Å². The SMILES string of the molecule is CNC(C)CNc1ncc([N+](=O)[O-])cc1C(N)=O. The number of hydrogen-bond donors (Lipinski definition) is 3. The second-order valence-corrected chi connectivity index (χ2v) is 3.78. The molecule has 0 aliphatic carbocycles. The van der Waals surface area contributed by atoms with Crippen LogP contribution < -0.4 is 16.4 Å². The number of amides is 1. The molecule has 1 atom stereocenters. The number of likely N-dealkylation sites (N-methyl/N-ethyl adjacent to an activating group) is 1. The third-order valence-corrected chi connectivity index (χ3v) is 2.42. The first-order chi connectivity index (χ1) is 8.45. The molecule has 0 aliphatic heterocycles. The highest BCUT2D eigenvalue weighted by atomic mass is 16.6. The first kappa shape index (κ1) is 13.8. The maximum atomic E-state index is 11.2. The molecule has 8 nitrogen and oxygen atoms in total. The summed E-state index contributed by atoms with van der Waals surface area (Å²) in [6.45, 7) is 2.45. The normalized spacial score (nSPS) is 11.9. The van der Waals surface area contributed by atoms with Gasteiger partial charge in [0.1, 0.15) is 12.0 Å². The van der Waals surface area contributed by atoms with Crippen molar-refractivity contribution in [3.8, 4) is 0 Å².